The van der Waals surface area contributed by atoms with Gasteiger partial charge in [0.15, 0.2) is 11.5 Å². The molecule has 3 aromatic rings. The molecule has 0 aliphatic carbocycles. The summed E-state index contributed by atoms with van der Waals surface area (Å²) in [7, 11) is 0. The van der Waals surface area contributed by atoms with E-state index in [2.05, 4.69) is 6.07 Å². The third-order valence-electron chi connectivity index (χ3n) is 4.97. The van der Waals surface area contributed by atoms with Gasteiger partial charge in [0.25, 0.3) is 0 Å². The van der Waals surface area contributed by atoms with Crippen LogP contribution in [0.2, 0.25) is 0 Å². The lowest BCUT2D eigenvalue weighted by Crippen LogP contribution is -2.31. The molecule has 3 aromatic carbocycles. The summed E-state index contributed by atoms with van der Waals surface area (Å²) in [5.74, 6) is 1.00. The van der Waals surface area contributed by atoms with Gasteiger partial charge in [0, 0.05) is 16.9 Å². The van der Waals surface area contributed by atoms with Gasteiger partial charge in [0.2, 0.25) is 12.7 Å². The first-order chi connectivity index (χ1) is 12.8. The van der Waals surface area contributed by atoms with E-state index in [0.717, 1.165) is 21.9 Å². The molecule has 5 rings (SSSR count). The van der Waals surface area contributed by atoms with Gasteiger partial charge >= 0.3 is 0 Å². The summed E-state index contributed by atoms with van der Waals surface area (Å²) in [5.41, 5.74) is 1.82. The zero-order valence-corrected chi connectivity index (χ0v) is 13.7. The van der Waals surface area contributed by atoms with E-state index in [1.165, 1.54) is 0 Å². The lowest BCUT2D eigenvalue weighted by molar-refractivity contribution is 0.174. The summed E-state index contributed by atoms with van der Waals surface area (Å²) in [6.07, 6.45) is 0. The maximum Gasteiger partial charge on any atom is 0.231 e. The van der Waals surface area contributed by atoms with E-state index in [4.69, 9.17) is 19.6 Å². The van der Waals surface area contributed by atoms with Crippen LogP contribution in [0.15, 0.2) is 54.6 Å². The molecule has 0 aromatic heterocycles. The van der Waals surface area contributed by atoms with Crippen molar-refractivity contribution < 1.29 is 14.2 Å². The molecule has 0 fully saturated rings. The second-order valence-corrected chi connectivity index (χ2v) is 6.37. The second kappa shape index (κ2) is 5.50. The first-order valence-electron chi connectivity index (χ1n) is 8.33. The molecule has 2 aliphatic rings. The van der Waals surface area contributed by atoms with Gasteiger partial charge in [-0.25, -0.2) is 0 Å². The number of nitrogens with zero attached hydrogens (tertiary/aromatic N) is 1. The molecular weight excluding hydrogens is 328 g/mol. The Kier molecular flexibility index (Phi) is 3.13. The van der Waals surface area contributed by atoms with Crippen LogP contribution in [0.5, 0.6) is 17.2 Å². The lowest BCUT2D eigenvalue weighted by Gasteiger charge is -2.31. The molecule has 1 N–H and O–H groups in total. The topological polar surface area (TPSA) is 75.3 Å². The van der Waals surface area contributed by atoms with E-state index >= 15 is 0 Å². The molecule has 0 bridgehead atoms. The monoisotopic (exact) mass is 342 g/mol. The number of hydrogen-bond acceptors (Lipinski definition) is 5. The maximum absolute atomic E-state index is 9.70. The van der Waals surface area contributed by atoms with Crippen molar-refractivity contribution in [2.75, 3.05) is 6.79 Å². The number of fused-ring (bicyclic) bond motifs is 4. The highest BCUT2D eigenvalue weighted by molar-refractivity contribution is 5.95. The van der Waals surface area contributed by atoms with Crippen molar-refractivity contribution in [2.24, 2.45) is 5.92 Å². The molecule has 5 nitrogen and oxygen atoms in total. The Morgan fingerprint density at radius 1 is 1.00 bits per heavy atom. The Morgan fingerprint density at radius 2 is 1.85 bits per heavy atom. The van der Waals surface area contributed by atoms with Gasteiger partial charge in [0.1, 0.15) is 11.7 Å². The lowest BCUT2D eigenvalue weighted by atomic mass is 9.78. The van der Waals surface area contributed by atoms with Gasteiger partial charge in [-0.3, -0.25) is 5.41 Å². The third-order valence-corrected chi connectivity index (χ3v) is 4.97. The van der Waals surface area contributed by atoms with Crippen LogP contribution in [0.25, 0.3) is 10.8 Å². The highest BCUT2D eigenvalue weighted by Gasteiger charge is 2.38. The Hall–Kier alpha value is -3.52. The SMILES string of the molecule is N#CC1C(=N)Oc2c(ccc3ccccc23)C1c1ccc2c(c1)OCO2. The first-order valence-corrected chi connectivity index (χ1v) is 8.33. The average molecular weight is 342 g/mol. The summed E-state index contributed by atoms with van der Waals surface area (Å²) in [5, 5.41) is 20.0. The van der Waals surface area contributed by atoms with Gasteiger partial charge in [-0.2, -0.15) is 5.26 Å². The minimum Gasteiger partial charge on any atom is -0.454 e. The van der Waals surface area contributed by atoms with Crippen LogP contribution >= 0.6 is 0 Å². The van der Waals surface area contributed by atoms with Gasteiger partial charge in [-0.05, 0) is 23.1 Å². The predicted octanol–water partition coefficient (Wildman–Crippen LogP) is 4.21. The molecule has 126 valence electrons. The summed E-state index contributed by atoms with van der Waals surface area (Å²) in [6.45, 7) is 0.200. The maximum atomic E-state index is 9.70. The highest BCUT2D eigenvalue weighted by Crippen LogP contribution is 2.47. The average Bonchev–Trinajstić information content (AvgIpc) is 3.14. The smallest absolute Gasteiger partial charge is 0.231 e. The van der Waals surface area contributed by atoms with Crippen LogP contribution in [0, 0.1) is 22.7 Å². The van der Waals surface area contributed by atoms with E-state index in [1.54, 1.807) is 0 Å². The molecule has 26 heavy (non-hydrogen) atoms. The first kappa shape index (κ1) is 14.8. The van der Waals surface area contributed by atoms with Gasteiger partial charge in [0.05, 0.1) is 6.07 Å². The van der Waals surface area contributed by atoms with Crippen LogP contribution in [0.1, 0.15) is 17.0 Å². The molecule has 2 heterocycles. The van der Waals surface area contributed by atoms with Crippen molar-refractivity contribution in [3.8, 4) is 23.3 Å². The molecule has 2 atom stereocenters. The summed E-state index contributed by atoms with van der Waals surface area (Å²) in [6, 6.07) is 19.8. The Labute approximate surface area is 149 Å². The number of nitriles is 1. The number of benzene rings is 3. The van der Waals surface area contributed by atoms with E-state index in [1.807, 2.05) is 54.6 Å². The molecule has 0 amide bonds. The second-order valence-electron chi connectivity index (χ2n) is 6.37. The van der Waals surface area contributed by atoms with Crippen LogP contribution < -0.4 is 14.2 Å². The molecule has 0 saturated heterocycles. The van der Waals surface area contributed by atoms with Crippen LogP contribution in [0.4, 0.5) is 0 Å². The van der Waals surface area contributed by atoms with Crippen molar-refractivity contribution >= 4 is 16.7 Å². The molecule has 2 unspecified atom stereocenters. The summed E-state index contributed by atoms with van der Waals surface area (Å²) < 4.78 is 16.7. The number of hydrogen-bond donors (Lipinski definition) is 1. The van der Waals surface area contributed by atoms with Crippen molar-refractivity contribution in [2.45, 2.75) is 5.92 Å². The van der Waals surface area contributed by atoms with Crippen LogP contribution in [-0.2, 0) is 0 Å². The predicted molar refractivity (Wildman–Crippen MR) is 95.8 cm³/mol. The van der Waals surface area contributed by atoms with Crippen molar-refractivity contribution in [3.63, 3.8) is 0 Å². The van der Waals surface area contributed by atoms with Crippen molar-refractivity contribution in [1.29, 1.82) is 10.7 Å². The van der Waals surface area contributed by atoms with Crippen LogP contribution in [-0.4, -0.2) is 12.7 Å². The Balaban J connectivity index is 1.75. The van der Waals surface area contributed by atoms with Gasteiger partial charge in [-0.15, -0.1) is 0 Å². The minimum atomic E-state index is -0.691. The van der Waals surface area contributed by atoms with E-state index in [-0.39, 0.29) is 18.6 Å². The number of ether oxygens (including phenoxy) is 3. The summed E-state index contributed by atoms with van der Waals surface area (Å²) >= 11 is 0. The zero-order valence-electron chi connectivity index (χ0n) is 13.7. The van der Waals surface area contributed by atoms with Crippen molar-refractivity contribution in [1.82, 2.24) is 0 Å². The Morgan fingerprint density at radius 3 is 2.73 bits per heavy atom. The molecular formula is C21H14N2O3. The largest absolute Gasteiger partial charge is 0.454 e. The quantitative estimate of drug-likeness (QED) is 0.719. The molecule has 0 saturated carbocycles. The standard InChI is InChI=1S/C21H14N2O3/c22-10-16-19(13-6-8-17-18(9-13)25-11-24-17)15-7-5-12-3-1-2-4-14(12)20(15)26-21(16)23/h1-9,16,19,23H,11H2. The fourth-order valence-corrected chi connectivity index (χ4v) is 3.73. The zero-order chi connectivity index (χ0) is 17.7. The number of nitrogens with one attached hydrogen (secondary N) is 1. The van der Waals surface area contributed by atoms with E-state index < -0.39 is 5.92 Å². The van der Waals surface area contributed by atoms with E-state index in [9.17, 15) is 5.26 Å². The fourth-order valence-electron chi connectivity index (χ4n) is 3.73. The Bertz CT molecular complexity index is 1100. The normalized spacial score (nSPS) is 20.3. The molecule has 2 aliphatic heterocycles. The van der Waals surface area contributed by atoms with Gasteiger partial charge in [-0.1, -0.05) is 42.5 Å². The van der Waals surface area contributed by atoms with Crippen LogP contribution in [0.3, 0.4) is 0 Å². The highest BCUT2D eigenvalue weighted by atomic mass is 16.7. The third kappa shape index (κ3) is 2.06. The summed E-state index contributed by atoms with van der Waals surface area (Å²) in [4.78, 5) is 0. The molecule has 0 radical (unpaired) electrons. The van der Waals surface area contributed by atoms with Gasteiger partial charge < -0.3 is 14.2 Å². The van der Waals surface area contributed by atoms with Crippen molar-refractivity contribution in [3.05, 3.63) is 65.7 Å². The fraction of sp³-hybridized carbons (Fsp3) is 0.143. The minimum absolute atomic E-state index is 0.0287. The number of rotatable bonds is 1. The molecule has 5 heteroatoms. The van der Waals surface area contributed by atoms with E-state index in [0.29, 0.717) is 17.2 Å². The molecule has 0 spiro atoms.